The van der Waals surface area contributed by atoms with Crippen LogP contribution in [0.25, 0.3) is 0 Å². The molecule has 0 aliphatic carbocycles. The van der Waals surface area contributed by atoms with Crippen LogP contribution in [0.1, 0.15) is 446 Å². The minimum Gasteiger partial charge on any atom is -0.462 e. The summed E-state index contributed by atoms with van der Waals surface area (Å²) in [5, 5.41) is 10.6. The van der Waals surface area contributed by atoms with E-state index in [2.05, 4.69) is 41.5 Å². The predicted molar refractivity (Wildman–Crippen MR) is 423 cm³/mol. The van der Waals surface area contributed by atoms with Crippen molar-refractivity contribution >= 4 is 39.5 Å². The summed E-state index contributed by atoms with van der Waals surface area (Å²) in [5.41, 5.74) is 0. The number of aliphatic hydroxyl groups is 1. The van der Waals surface area contributed by atoms with Crippen molar-refractivity contribution in [3.8, 4) is 0 Å². The summed E-state index contributed by atoms with van der Waals surface area (Å²) in [5.74, 6) is -0.473. The molecule has 0 aromatic heterocycles. The van der Waals surface area contributed by atoms with Crippen molar-refractivity contribution in [3.05, 3.63) is 0 Å². The highest BCUT2D eigenvalue weighted by Crippen LogP contribution is 2.45. The van der Waals surface area contributed by atoms with Crippen molar-refractivity contribution in [1.82, 2.24) is 0 Å². The number of hydrogen-bond donors (Lipinski definition) is 3. The van der Waals surface area contributed by atoms with Crippen LogP contribution in [0.4, 0.5) is 0 Å². The zero-order valence-corrected chi connectivity index (χ0v) is 69.4. The van der Waals surface area contributed by atoms with E-state index in [-0.39, 0.29) is 25.7 Å². The SMILES string of the molecule is CCCCCCCCCCCCCCCCCCCCCCCCC(=O)OC[C@H](COP(=O)(O)OC[C@@H](O)COP(=O)(O)OC[C@@H](COC(=O)CCCCCCCCC)OC(=O)CCCCCCCCCCC(C)CC)OC(=O)CCCCCCCCCCCCCCCCCCCCC(C)CC. The molecule has 0 saturated carbocycles. The topological polar surface area (TPSA) is 237 Å². The van der Waals surface area contributed by atoms with E-state index in [0.29, 0.717) is 25.7 Å². The number of esters is 4. The van der Waals surface area contributed by atoms with Crippen molar-refractivity contribution in [1.29, 1.82) is 0 Å². The van der Waals surface area contributed by atoms with Crippen molar-refractivity contribution in [3.63, 3.8) is 0 Å². The molecule has 0 spiro atoms. The van der Waals surface area contributed by atoms with E-state index in [0.717, 1.165) is 115 Å². The molecule has 0 aliphatic heterocycles. The Morgan fingerprint density at radius 2 is 0.466 bits per heavy atom. The number of ether oxygens (including phenoxy) is 4. The van der Waals surface area contributed by atoms with Gasteiger partial charge in [-0.25, -0.2) is 9.13 Å². The van der Waals surface area contributed by atoms with E-state index in [1.807, 2.05) is 0 Å². The van der Waals surface area contributed by atoms with Gasteiger partial charge in [-0.15, -0.1) is 0 Å². The maximum Gasteiger partial charge on any atom is 0.472 e. The number of unbranched alkanes of at least 4 members (excludes halogenated alkanes) is 51. The van der Waals surface area contributed by atoms with Gasteiger partial charge in [0.2, 0.25) is 0 Å². The van der Waals surface area contributed by atoms with Gasteiger partial charge >= 0.3 is 39.5 Å². The first-order valence-electron chi connectivity index (χ1n) is 43.6. The molecule has 17 nitrogen and oxygen atoms in total. The van der Waals surface area contributed by atoms with Crippen molar-refractivity contribution < 1.29 is 80.2 Å². The first-order valence-corrected chi connectivity index (χ1v) is 46.6. The number of hydrogen-bond acceptors (Lipinski definition) is 15. The van der Waals surface area contributed by atoms with E-state index in [9.17, 15) is 43.2 Å². The Kier molecular flexibility index (Phi) is 74.1. The lowest BCUT2D eigenvalue weighted by Gasteiger charge is -2.21. The van der Waals surface area contributed by atoms with E-state index >= 15 is 0 Å². The van der Waals surface area contributed by atoms with Crippen LogP contribution in [-0.2, 0) is 65.4 Å². The Bertz CT molecular complexity index is 1980. The van der Waals surface area contributed by atoms with Gasteiger partial charge in [-0.05, 0) is 37.5 Å². The molecule has 0 rings (SSSR count). The molecule has 7 atom stereocenters. The van der Waals surface area contributed by atoms with E-state index in [4.69, 9.17) is 37.0 Å². The van der Waals surface area contributed by atoms with Gasteiger partial charge in [0.25, 0.3) is 0 Å². The number of phosphoric acid groups is 2. The summed E-state index contributed by atoms with van der Waals surface area (Å²) in [4.78, 5) is 72.9. The molecule has 0 radical (unpaired) electrons. The summed E-state index contributed by atoms with van der Waals surface area (Å²) in [6, 6.07) is 0. The zero-order valence-electron chi connectivity index (χ0n) is 67.6. The first kappa shape index (κ1) is 101. The third kappa shape index (κ3) is 75.3. The summed E-state index contributed by atoms with van der Waals surface area (Å²) < 4.78 is 68.6. The summed E-state index contributed by atoms with van der Waals surface area (Å²) in [6.07, 6.45) is 67.0. The molecule has 0 heterocycles. The maximum atomic E-state index is 13.1. The Morgan fingerprint density at radius 1 is 0.272 bits per heavy atom. The molecular formula is C84H164O17P2. The lowest BCUT2D eigenvalue weighted by Crippen LogP contribution is -2.30. The Hall–Kier alpha value is -1.94. The standard InChI is InChI=1S/C84H164O17P2/c1-7-11-13-15-17-18-19-20-21-22-23-24-25-26-30-33-36-39-42-49-55-61-67-82(87)95-73-80(100-83(88)68-62-56-50-43-40-37-34-31-28-27-29-32-35-38-41-47-52-58-64-76(5)9-3)75-99-103(92,93)97-71-78(85)70-96-102(90,91)98-74-79(72-94-81(86)66-60-54-46-16-14-12-8-2)101-84(89)69-63-57-51-45-44-48-53-59-65-77(6)10-4/h76-80,85H,7-75H2,1-6H3,(H,90,91)(H,92,93)/t76?,77?,78-,79+,80+/m0/s1. The normalized spacial score (nSPS) is 14.4. The molecule has 3 N–H and O–H groups in total. The highest BCUT2D eigenvalue weighted by Gasteiger charge is 2.30. The number of aliphatic hydroxyl groups excluding tert-OH is 1. The van der Waals surface area contributed by atoms with E-state index in [1.54, 1.807) is 0 Å². The van der Waals surface area contributed by atoms with Crippen LogP contribution < -0.4 is 0 Å². The number of carbonyl (C=O) groups is 4. The molecule has 0 saturated heterocycles. The second-order valence-corrected chi connectivity index (χ2v) is 33.6. The second kappa shape index (κ2) is 75.5. The summed E-state index contributed by atoms with van der Waals surface area (Å²) in [6.45, 7) is 9.66. The van der Waals surface area contributed by atoms with Crippen LogP contribution in [0.2, 0.25) is 0 Å². The van der Waals surface area contributed by atoms with Crippen LogP contribution in [0.15, 0.2) is 0 Å². The molecule has 19 heteroatoms. The minimum absolute atomic E-state index is 0.105. The van der Waals surface area contributed by atoms with Crippen LogP contribution in [0.3, 0.4) is 0 Å². The lowest BCUT2D eigenvalue weighted by atomic mass is 9.99. The smallest absolute Gasteiger partial charge is 0.462 e. The van der Waals surface area contributed by atoms with Gasteiger partial charge in [0.1, 0.15) is 19.3 Å². The zero-order chi connectivity index (χ0) is 75.6. The molecule has 0 aromatic rings. The molecule has 0 fully saturated rings. The second-order valence-electron chi connectivity index (χ2n) is 30.7. The number of rotatable bonds is 83. The third-order valence-electron chi connectivity index (χ3n) is 20.4. The Morgan fingerprint density at radius 3 is 0.689 bits per heavy atom. The van der Waals surface area contributed by atoms with E-state index < -0.39 is 97.5 Å². The quantitative estimate of drug-likeness (QED) is 0.0222. The van der Waals surface area contributed by atoms with Gasteiger partial charge < -0.3 is 33.8 Å². The predicted octanol–water partition coefficient (Wildman–Crippen LogP) is 25.5. The van der Waals surface area contributed by atoms with Crippen LogP contribution in [-0.4, -0.2) is 96.7 Å². The lowest BCUT2D eigenvalue weighted by molar-refractivity contribution is -0.161. The van der Waals surface area contributed by atoms with E-state index in [1.165, 1.54) is 250 Å². The fourth-order valence-electron chi connectivity index (χ4n) is 13.0. The van der Waals surface area contributed by atoms with Gasteiger partial charge in [-0.3, -0.25) is 37.3 Å². The van der Waals surface area contributed by atoms with Crippen LogP contribution in [0, 0.1) is 11.8 Å². The Balaban J connectivity index is 5.14. The van der Waals surface area contributed by atoms with Crippen molar-refractivity contribution in [2.45, 2.75) is 464 Å². The molecule has 103 heavy (non-hydrogen) atoms. The van der Waals surface area contributed by atoms with Gasteiger partial charge in [0.05, 0.1) is 26.4 Å². The fourth-order valence-corrected chi connectivity index (χ4v) is 14.6. The van der Waals surface area contributed by atoms with Crippen molar-refractivity contribution in [2.75, 3.05) is 39.6 Å². The van der Waals surface area contributed by atoms with Crippen molar-refractivity contribution in [2.24, 2.45) is 11.8 Å². The van der Waals surface area contributed by atoms with Gasteiger partial charge in [-0.1, -0.05) is 395 Å². The van der Waals surface area contributed by atoms with Crippen LogP contribution in [0.5, 0.6) is 0 Å². The molecular weight excluding hydrogens is 1340 g/mol. The average molecular weight is 1510 g/mol. The molecule has 4 unspecified atom stereocenters. The first-order chi connectivity index (χ1) is 49.9. The summed E-state index contributed by atoms with van der Waals surface area (Å²) >= 11 is 0. The maximum absolute atomic E-state index is 13.1. The van der Waals surface area contributed by atoms with Crippen LogP contribution >= 0.6 is 15.6 Å². The van der Waals surface area contributed by atoms with Gasteiger partial charge in [0, 0.05) is 25.7 Å². The molecule has 0 aromatic carbocycles. The molecule has 0 aliphatic rings. The Labute approximate surface area is 632 Å². The molecule has 612 valence electrons. The molecule has 0 bridgehead atoms. The summed E-state index contributed by atoms with van der Waals surface area (Å²) in [7, 11) is -9.92. The average Bonchev–Trinajstić information content (AvgIpc) is 0.943. The highest BCUT2D eigenvalue weighted by molar-refractivity contribution is 7.47. The van der Waals surface area contributed by atoms with Gasteiger partial charge in [-0.2, -0.15) is 0 Å². The monoisotopic (exact) mass is 1510 g/mol. The third-order valence-corrected chi connectivity index (χ3v) is 22.3. The largest absolute Gasteiger partial charge is 0.472 e. The van der Waals surface area contributed by atoms with Gasteiger partial charge in [0.15, 0.2) is 12.2 Å². The minimum atomic E-state index is -4.96. The molecule has 0 amide bonds. The highest BCUT2D eigenvalue weighted by atomic mass is 31.2. The fraction of sp³-hybridized carbons (Fsp3) is 0.952. The number of phosphoric ester groups is 2. The number of carbonyl (C=O) groups excluding carboxylic acids is 4.